The van der Waals surface area contributed by atoms with Crippen LogP contribution in [0.15, 0.2) is 4.99 Å². The first-order valence-electron chi connectivity index (χ1n) is 7.47. The Morgan fingerprint density at radius 2 is 1.83 bits per heavy atom. The van der Waals surface area contributed by atoms with Crippen molar-refractivity contribution in [3.63, 3.8) is 0 Å². The van der Waals surface area contributed by atoms with Crippen LogP contribution >= 0.6 is 11.8 Å². The number of nitrogens with zero attached hydrogens (tertiary/aromatic N) is 1. The molecule has 1 heterocycles. The maximum absolute atomic E-state index is 4.96. The molecule has 1 saturated heterocycles. The van der Waals surface area contributed by atoms with Crippen molar-refractivity contribution in [2.75, 3.05) is 5.75 Å². The van der Waals surface area contributed by atoms with Gasteiger partial charge < -0.3 is 5.32 Å². The quantitative estimate of drug-likeness (QED) is 0.829. The predicted molar refractivity (Wildman–Crippen MR) is 82.4 cm³/mol. The monoisotopic (exact) mass is 268 g/mol. The number of thioether (sulfide) groups is 1. The topological polar surface area (TPSA) is 24.4 Å². The molecule has 18 heavy (non-hydrogen) atoms. The minimum Gasteiger partial charge on any atom is -0.359 e. The van der Waals surface area contributed by atoms with E-state index >= 15 is 0 Å². The first-order valence-corrected chi connectivity index (χ1v) is 8.46. The summed E-state index contributed by atoms with van der Waals surface area (Å²) in [4.78, 5) is 4.96. The zero-order valence-electron chi connectivity index (χ0n) is 12.4. The smallest absolute Gasteiger partial charge is 0.157 e. The number of aliphatic imine (C=N–C) groups is 1. The number of hydrogen-bond acceptors (Lipinski definition) is 2. The number of amidine groups is 1. The third-order valence-corrected chi connectivity index (χ3v) is 6.00. The van der Waals surface area contributed by atoms with Gasteiger partial charge in [-0.25, -0.2) is 0 Å². The van der Waals surface area contributed by atoms with E-state index in [9.17, 15) is 0 Å². The Hall–Kier alpha value is -0.180. The second-order valence-electron chi connectivity index (χ2n) is 6.73. The van der Waals surface area contributed by atoms with Crippen molar-refractivity contribution in [1.29, 1.82) is 0 Å². The fourth-order valence-electron chi connectivity index (χ4n) is 2.88. The van der Waals surface area contributed by atoms with Gasteiger partial charge in [-0.2, -0.15) is 0 Å². The van der Waals surface area contributed by atoms with Crippen LogP contribution in [0.1, 0.15) is 66.2 Å². The third-order valence-electron chi connectivity index (χ3n) is 4.82. The van der Waals surface area contributed by atoms with E-state index < -0.39 is 0 Å². The van der Waals surface area contributed by atoms with E-state index in [2.05, 4.69) is 33.0 Å². The van der Waals surface area contributed by atoms with E-state index in [1.807, 2.05) is 11.8 Å². The molecule has 0 aromatic rings. The molecule has 0 radical (unpaired) electrons. The van der Waals surface area contributed by atoms with Gasteiger partial charge in [0.05, 0.1) is 6.04 Å². The van der Waals surface area contributed by atoms with Crippen LogP contribution in [-0.4, -0.2) is 22.5 Å². The molecule has 0 aromatic heterocycles. The third kappa shape index (κ3) is 3.23. The second-order valence-corrected chi connectivity index (χ2v) is 7.69. The average Bonchev–Trinajstić information content (AvgIpc) is 2.76. The zero-order chi connectivity index (χ0) is 13.2. The van der Waals surface area contributed by atoms with E-state index in [0.29, 0.717) is 17.0 Å². The first-order chi connectivity index (χ1) is 8.49. The van der Waals surface area contributed by atoms with Gasteiger partial charge in [0.2, 0.25) is 0 Å². The lowest BCUT2D eigenvalue weighted by molar-refractivity contribution is 0.226. The maximum atomic E-state index is 4.96. The van der Waals surface area contributed by atoms with E-state index in [-0.39, 0.29) is 0 Å². The Morgan fingerprint density at radius 1 is 1.22 bits per heavy atom. The van der Waals surface area contributed by atoms with Gasteiger partial charge in [-0.1, -0.05) is 39.5 Å². The van der Waals surface area contributed by atoms with Crippen LogP contribution < -0.4 is 5.32 Å². The van der Waals surface area contributed by atoms with Crippen molar-refractivity contribution in [2.24, 2.45) is 10.4 Å². The molecule has 2 fully saturated rings. The summed E-state index contributed by atoms with van der Waals surface area (Å²) >= 11 is 1.93. The standard InChI is InChI=1S/C15H28N2S/c1-5-15(6-2)11-18-13(17-15)16-12-7-9-14(3,4)10-8-12/h12H,5-11H2,1-4H3,(H,16,17). The molecule has 1 saturated carbocycles. The molecule has 2 aliphatic rings. The molecule has 0 bridgehead atoms. The summed E-state index contributed by atoms with van der Waals surface area (Å²) < 4.78 is 0. The van der Waals surface area contributed by atoms with Gasteiger partial charge in [0.25, 0.3) is 0 Å². The molecule has 0 atom stereocenters. The van der Waals surface area contributed by atoms with E-state index in [1.165, 1.54) is 49.4 Å². The van der Waals surface area contributed by atoms with Gasteiger partial charge in [0, 0.05) is 11.3 Å². The van der Waals surface area contributed by atoms with Crippen molar-refractivity contribution in [3.05, 3.63) is 0 Å². The molecule has 0 spiro atoms. The van der Waals surface area contributed by atoms with Crippen molar-refractivity contribution in [3.8, 4) is 0 Å². The fraction of sp³-hybridized carbons (Fsp3) is 0.933. The van der Waals surface area contributed by atoms with Crippen LogP contribution in [0, 0.1) is 5.41 Å². The maximum Gasteiger partial charge on any atom is 0.157 e. The van der Waals surface area contributed by atoms with E-state index in [0.717, 1.165) is 0 Å². The predicted octanol–water partition coefficient (Wildman–Crippen LogP) is 4.21. The van der Waals surface area contributed by atoms with E-state index in [1.54, 1.807) is 0 Å². The molecule has 1 aliphatic carbocycles. The van der Waals surface area contributed by atoms with Gasteiger partial charge in [-0.05, 0) is 43.9 Å². The van der Waals surface area contributed by atoms with Crippen LogP contribution in [0.2, 0.25) is 0 Å². The minimum atomic E-state index is 0.317. The van der Waals surface area contributed by atoms with Crippen LogP contribution in [0.3, 0.4) is 0 Å². The molecule has 0 unspecified atom stereocenters. The Balaban J connectivity index is 1.92. The molecule has 104 valence electrons. The molecule has 2 rings (SSSR count). The molecule has 2 nitrogen and oxygen atoms in total. The SMILES string of the molecule is CCC1(CC)CSC(=NC2CCC(C)(C)CC2)N1. The zero-order valence-corrected chi connectivity index (χ0v) is 13.2. The Morgan fingerprint density at radius 3 is 2.33 bits per heavy atom. The summed E-state index contributed by atoms with van der Waals surface area (Å²) in [5, 5.41) is 4.90. The van der Waals surface area contributed by atoms with Crippen molar-refractivity contribution < 1.29 is 0 Å². The van der Waals surface area contributed by atoms with Gasteiger partial charge >= 0.3 is 0 Å². The summed E-state index contributed by atoms with van der Waals surface area (Å²) in [5.41, 5.74) is 0.862. The molecule has 3 heteroatoms. The van der Waals surface area contributed by atoms with Crippen molar-refractivity contribution in [2.45, 2.75) is 77.8 Å². The summed E-state index contributed by atoms with van der Waals surface area (Å²) in [6, 6.07) is 0.567. The lowest BCUT2D eigenvalue weighted by atomic mass is 9.76. The molecular formula is C15H28N2S. The highest BCUT2D eigenvalue weighted by Gasteiger charge is 2.34. The summed E-state index contributed by atoms with van der Waals surface area (Å²) in [6.07, 6.45) is 7.59. The Labute approximate surface area is 116 Å². The van der Waals surface area contributed by atoms with Gasteiger partial charge in [-0.15, -0.1) is 0 Å². The van der Waals surface area contributed by atoms with Crippen LogP contribution in [0.4, 0.5) is 0 Å². The van der Waals surface area contributed by atoms with Gasteiger partial charge in [-0.3, -0.25) is 4.99 Å². The number of rotatable bonds is 3. The second kappa shape index (κ2) is 5.44. The molecule has 1 N–H and O–H groups in total. The van der Waals surface area contributed by atoms with Gasteiger partial charge in [0.15, 0.2) is 5.17 Å². The van der Waals surface area contributed by atoms with Crippen LogP contribution in [0.25, 0.3) is 0 Å². The van der Waals surface area contributed by atoms with Crippen molar-refractivity contribution >= 4 is 16.9 Å². The van der Waals surface area contributed by atoms with Crippen molar-refractivity contribution in [1.82, 2.24) is 5.32 Å². The lowest BCUT2D eigenvalue weighted by Crippen LogP contribution is -2.42. The highest BCUT2D eigenvalue weighted by Crippen LogP contribution is 2.37. The van der Waals surface area contributed by atoms with Crippen LogP contribution in [0.5, 0.6) is 0 Å². The summed E-state index contributed by atoms with van der Waals surface area (Å²) in [5.74, 6) is 1.19. The number of nitrogens with one attached hydrogen (secondary N) is 1. The molecule has 0 aromatic carbocycles. The normalized spacial score (nSPS) is 29.4. The number of hydrogen-bond donors (Lipinski definition) is 1. The fourth-order valence-corrected chi connectivity index (χ4v) is 4.29. The Kier molecular flexibility index (Phi) is 4.30. The lowest BCUT2D eigenvalue weighted by Gasteiger charge is -2.32. The Bertz CT molecular complexity index is 308. The summed E-state index contributed by atoms with van der Waals surface area (Å²) in [6.45, 7) is 9.34. The average molecular weight is 268 g/mol. The highest BCUT2D eigenvalue weighted by atomic mass is 32.2. The molecule has 0 amide bonds. The van der Waals surface area contributed by atoms with Gasteiger partial charge in [0.1, 0.15) is 0 Å². The molecule has 1 aliphatic heterocycles. The largest absolute Gasteiger partial charge is 0.359 e. The first kappa shape index (κ1) is 14.2. The summed E-state index contributed by atoms with van der Waals surface area (Å²) in [7, 11) is 0. The van der Waals surface area contributed by atoms with E-state index in [4.69, 9.17) is 4.99 Å². The molecular weight excluding hydrogens is 240 g/mol. The van der Waals surface area contributed by atoms with Crippen LogP contribution in [-0.2, 0) is 0 Å². The minimum absolute atomic E-state index is 0.317. The highest BCUT2D eigenvalue weighted by molar-refractivity contribution is 8.14.